The molecule has 0 radical (unpaired) electrons. The summed E-state index contributed by atoms with van der Waals surface area (Å²) in [6.45, 7) is 9.74. The molecule has 5 rings (SSSR count). The quantitative estimate of drug-likeness (QED) is 0.502. The van der Waals surface area contributed by atoms with Crippen LogP contribution >= 0.6 is 11.6 Å². The molecular weight excluding hydrogens is 470 g/mol. The molecule has 36 heavy (non-hydrogen) atoms. The van der Waals surface area contributed by atoms with Crippen molar-refractivity contribution < 1.29 is 4.79 Å². The molecule has 2 amide bonds. The molecule has 2 aromatic carbocycles. The van der Waals surface area contributed by atoms with Crippen molar-refractivity contribution in [2.45, 2.75) is 33.2 Å². The van der Waals surface area contributed by atoms with Crippen LogP contribution < -0.4 is 10.2 Å². The molecule has 0 unspecified atom stereocenters. The summed E-state index contributed by atoms with van der Waals surface area (Å²) in [5.41, 5.74) is 8.60. The molecule has 1 aromatic heterocycles. The second-order valence-electron chi connectivity index (χ2n) is 9.84. The number of carbonyl (C=O) groups excluding carboxylic acids is 1. The van der Waals surface area contributed by atoms with Crippen LogP contribution in [0.1, 0.15) is 29.2 Å². The Morgan fingerprint density at radius 3 is 2.53 bits per heavy atom. The third-order valence-corrected chi connectivity index (χ3v) is 7.73. The Morgan fingerprint density at radius 2 is 1.83 bits per heavy atom. The number of anilines is 2. The lowest BCUT2D eigenvalue weighted by Crippen LogP contribution is -2.46. The van der Waals surface area contributed by atoms with Gasteiger partial charge in [-0.25, -0.2) is 9.78 Å². The van der Waals surface area contributed by atoms with Gasteiger partial charge in [0.2, 0.25) is 0 Å². The second-order valence-corrected chi connectivity index (χ2v) is 10.3. The highest BCUT2D eigenvalue weighted by atomic mass is 35.5. The number of nitrogens with zero attached hydrogens (tertiary/aromatic N) is 4. The second kappa shape index (κ2) is 10.5. The molecular formula is C29H34ClN5O. The minimum Gasteiger partial charge on any atom is -0.369 e. The first-order valence-corrected chi connectivity index (χ1v) is 13.2. The highest BCUT2D eigenvalue weighted by Gasteiger charge is 2.27. The summed E-state index contributed by atoms with van der Waals surface area (Å²) in [5, 5.41) is 3.73. The van der Waals surface area contributed by atoms with E-state index in [0.717, 1.165) is 60.7 Å². The van der Waals surface area contributed by atoms with Gasteiger partial charge in [0.05, 0.1) is 0 Å². The van der Waals surface area contributed by atoms with Gasteiger partial charge in [-0.15, -0.1) is 0 Å². The number of likely N-dealkylation sites (N-methyl/N-ethyl adjacent to an activating group) is 1. The SMILES string of the molecule is CCc1ccc(N2CCN(C)CC2)c2c1CCN(C(=O)Nc1ccc(-c3ccc(Cl)cc3C)cn1)C2. The fourth-order valence-electron chi connectivity index (χ4n) is 5.35. The van der Waals surface area contributed by atoms with Gasteiger partial charge in [0.15, 0.2) is 0 Å². The Morgan fingerprint density at radius 1 is 1.03 bits per heavy atom. The van der Waals surface area contributed by atoms with Crippen LogP contribution in [0.2, 0.25) is 5.02 Å². The molecule has 0 aliphatic carbocycles. The van der Waals surface area contributed by atoms with E-state index in [4.69, 9.17) is 11.6 Å². The number of hydrogen-bond acceptors (Lipinski definition) is 4. The standard InChI is InChI=1S/C29H34ClN5O/c1-4-21-5-9-27(34-15-13-33(3)14-16-34)26-19-35(12-11-25(21)26)29(36)32-28-10-6-22(18-31-28)24-8-7-23(30)17-20(24)2/h5-10,17-18H,4,11-16,19H2,1-3H3,(H,31,32,36). The summed E-state index contributed by atoms with van der Waals surface area (Å²) in [6, 6.07) is 14.1. The van der Waals surface area contributed by atoms with Crippen molar-refractivity contribution in [1.82, 2.24) is 14.8 Å². The normalized spacial score (nSPS) is 16.1. The number of amides is 2. The zero-order chi connectivity index (χ0) is 25.2. The van der Waals surface area contributed by atoms with E-state index in [9.17, 15) is 4.79 Å². The monoisotopic (exact) mass is 503 g/mol. The maximum atomic E-state index is 13.2. The van der Waals surface area contributed by atoms with Gasteiger partial charge in [0.25, 0.3) is 0 Å². The van der Waals surface area contributed by atoms with Crippen molar-refractivity contribution in [1.29, 1.82) is 0 Å². The van der Waals surface area contributed by atoms with Gasteiger partial charge in [-0.3, -0.25) is 5.32 Å². The maximum Gasteiger partial charge on any atom is 0.323 e. The Hall–Kier alpha value is -3.09. The van der Waals surface area contributed by atoms with Crippen LogP contribution in [-0.4, -0.2) is 60.6 Å². The summed E-state index contributed by atoms with van der Waals surface area (Å²) < 4.78 is 0. The average molecular weight is 504 g/mol. The number of urea groups is 1. The van der Waals surface area contributed by atoms with Gasteiger partial charge in [-0.1, -0.05) is 30.7 Å². The molecule has 7 heteroatoms. The summed E-state index contributed by atoms with van der Waals surface area (Å²) in [6.07, 6.45) is 3.70. The van der Waals surface area contributed by atoms with Crippen LogP contribution in [0, 0.1) is 6.92 Å². The van der Waals surface area contributed by atoms with Gasteiger partial charge < -0.3 is 14.7 Å². The van der Waals surface area contributed by atoms with Crippen molar-refractivity contribution in [3.8, 4) is 11.1 Å². The van der Waals surface area contributed by atoms with Crippen LogP contribution in [0.4, 0.5) is 16.3 Å². The first kappa shape index (κ1) is 24.6. The summed E-state index contributed by atoms with van der Waals surface area (Å²) in [4.78, 5) is 24.5. The predicted octanol–water partition coefficient (Wildman–Crippen LogP) is 5.61. The van der Waals surface area contributed by atoms with Crippen molar-refractivity contribution in [2.75, 3.05) is 50.0 Å². The van der Waals surface area contributed by atoms with Crippen LogP contribution in [0.15, 0.2) is 48.7 Å². The molecule has 1 N–H and O–H groups in total. The zero-order valence-electron chi connectivity index (χ0n) is 21.4. The molecule has 188 valence electrons. The lowest BCUT2D eigenvalue weighted by molar-refractivity contribution is 0.206. The largest absolute Gasteiger partial charge is 0.369 e. The highest BCUT2D eigenvalue weighted by molar-refractivity contribution is 6.30. The number of carbonyl (C=O) groups is 1. The molecule has 3 aromatic rings. The fourth-order valence-corrected chi connectivity index (χ4v) is 5.58. The van der Waals surface area contributed by atoms with Crippen LogP contribution in [0.25, 0.3) is 11.1 Å². The number of nitrogens with one attached hydrogen (secondary N) is 1. The summed E-state index contributed by atoms with van der Waals surface area (Å²) in [7, 11) is 2.18. The molecule has 0 saturated carbocycles. The number of halogens is 1. The fraction of sp³-hybridized carbons (Fsp3) is 0.379. The predicted molar refractivity (Wildman–Crippen MR) is 148 cm³/mol. The smallest absolute Gasteiger partial charge is 0.323 e. The van der Waals surface area contributed by atoms with Crippen molar-refractivity contribution >= 4 is 29.1 Å². The number of hydrogen-bond donors (Lipinski definition) is 1. The van der Waals surface area contributed by atoms with E-state index in [-0.39, 0.29) is 6.03 Å². The molecule has 0 bridgehead atoms. The Balaban J connectivity index is 1.32. The van der Waals surface area contributed by atoms with Gasteiger partial charge in [-0.05, 0) is 85.0 Å². The molecule has 0 spiro atoms. The van der Waals surface area contributed by atoms with E-state index < -0.39 is 0 Å². The Bertz CT molecular complexity index is 1250. The highest BCUT2D eigenvalue weighted by Crippen LogP contribution is 2.33. The number of fused-ring (bicyclic) bond motifs is 1. The number of rotatable bonds is 4. The van der Waals surface area contributed by atoms with E-state index in [0.29, 0.717) is 18.9 Å². The number of piperazine rings is 1. The molecule has 0 atom stereocenters. The number of benzene rings is 2. The molecule has 1 fully saturated rings. The topological polar surface area (TPSA) is 51.7 Å². The minimum absolute atomic E-state index is 0.102. The van der Waals surface area contributed by atoms with Crippen LogP contribution in [0.5, 0.6) is 0 Å². The zero-order valence-corrected chi connectivity index (χ0v) is 22.1. The Kier molecular flexibility index (Phi) is 7.17. The summed E-state index contributed by atoms with van der Waals surface area (Å²) >= 11 is 6.10. The van der Waals surface area contributed by atoms with Gasteiger partial charge in [0, 0.05) is 61.7 Å². The molecule has 2 aliphatic rings. The van der Waals surface area contributed by atoms with E-state index >= 15 is 0 Å². The van der Waals surface area contributed by atoms with Crippen molar-refractivity contribution in [3.05, 3.63) is 75.9 Å². The first-order chi connectivity index (χ1) is 17.4. The van der Waals surface area contributed by atoms with Crippen LogP contribution in [0.3, 0.4) is 0 Å². The number of pyridine rings is 1. The molecule has 3 heterocycles. The third-order valence-electron chi connectivity index (χ3n) is 7.49. The van der Waals surface area contributed by atoms with E-state index in [2.05, 4.69) is 46.2 Å². The molecule has 6 nitrogen and oxygen atoms in total. The minimum atomic E-state index is -0.102. The van der Waals surface area contributed by atoms with E-state index in [1.54, 1.807) is 6.20 Å². The lowest BCUT2D eigenvalue weighted by Gasteiger charge is -2.38. The maximum absolute atomic E-state index is 13.2. The van der Waals surface area contributed by atoms with Gasteiger partial charge in [0.1, 0.15) is 5.82 Å². The van der Waals surface area contributed by atoms with Gasteiger partial charge >= 0.3 is 6.03 Å². The lowest BCUT2D eigenvalue weighted by atomic mass is 9.91. The first-order valence-electron chi connectivity index (χ1n) is 12.8. The Labute approximate surface area is 218 Å². The van der Waals surface area contributed by atoms with Crippen LogP contribution in [-0.2, 0) is 19.4 Å². The van der Waals surface area contributed by atoms with Crippen molar-refractivity contribution in [2.24, 2.45) is 0 Å². The third kappa shape index (κ3) is 5.06. The average Bonchev–Trinajstić information content (AvgIpc) is 2.89. The number of aromatic nitrogens is 1. The molecule has 1 saturated heterocycles. The van der Waals surface area contributed by atoms with E-state index in [1.807, 2.05) is 42.2 Å². The van der Waals surface area contributed by atoms with Gasteiger partial charge in [-0.2, -0.15) is 0 Å². The van der Waals surface area contributed by atoms with E-state index in [1.165, 1.54) is 22.4 Å². The number of aryl methyl sites for hydroxylation is 2. The summed E-state index contributed by atoms with van der Waals surface area (Å²) in [5.74, 6) is 0.558. The van der Waals surface area contributed by atoms with Crippen molar-refractivity contribution in [3.63, 3.8) is 0 Å². The molecule has 2 aliphatic heterocycles.